The molecule has 1 aliphatic rings. The minimum absolute atomic E-state index is 0.165. The molecule has 2 nitrogen and oxygen atoms in total. The quantitative estimate of drug-likeness (QED) is 0.877. The molecule has 0 aromatic heterocycles. The number of carbonyl (C=O) groups excluding carboxylic acids is 1. The standard InChI is InChI=1S/C19H21NO/c1-2-13-20-19(21)12-11-18-16-9-5-3-7-14(16)15-8-4-6-10-17(15)18/h3-10,18H,2,11-13H2,1H3,(H,20,21). The van der Waals surface area contributed by atoms with E-state index < -0.39 is 0 Å². The van der Waals surface area contributed by atoms with Crippen molar-refractivity contribution in [1.82, 2.24) is 5.32 Å². The van der Waals surface area contributed by atoms with E-state index in [0.717, 1.165) is 19.4 Å². The summed E-state index contributed by atoms with van der Waals surface area (Å²) in [6, 6.07) is 17.1. The highest BCUT2D eigenvalue weighted by Gasteiger charge is 2.27. The van der Waals surface area contributed by atoms with Gasteiger partial charge in [0.1, 0.15) is 0 Å². The second-order valence-corrected chi connectivity index (χ2v) is 5.62. The zero-order valence-corrected chi connectivity index (χ0v) is 12.4. The molecule has 3 rings (SSSR count). The van der Waals surface area contributed by atoms with Gasteiger partial charge in [-0.3, -0.25) is 4.79 Å². The van der Waals surface area contributed by atoms with Crippen LogP contribution in [0.1, 0.15) is 43.2 Å². The van der Waals surface area contributed by atoms with Crippen molar-refractivity contribution in [2.75, 3.05) is 6.54 Å². The summed E-state index contributed by atoms with van der Waals surface area (Å²) in [5.74, 6) is 0.517. The first-order valence-corrected chi connectivity index (χ1v) is 7.76. The summed E-state index contributed by atoms with van der Waals surface area (Å²) < 4.78 is 0. The van der Waals surface area contributed by atoms with Crippen LogP contribution in [0, 0.1) is 0 Å². The maximum Gasteiger partial charge on any atom is 0.220 e. The predicted molar refractivity (Wildman–Crippen MR) is 86.3 cm³/mol. The second-order valence-electron chi connectivity index (χ2n) is 5.62. The summed E-state index contributed by atoms with van der Waals surface area (Å²) in [5.41, 5.74) is 5.38. The monoisotopic (exact) mass is 279 g/mol. The molecule has 1 N–H and O–H groups in total. The van der Waals surface area contributed by atoms with E-state index >= 15 is 0 Å². The van der Waals surface area contributed by atoms with E-state index in [9.17, 15) is 4.79 Å². The Labute approximate surface area is 126 Å². The van der Waals surface area contributed by atoms with Crippen molar-refractivity contribution in [1.29, 1.82) is 0 Å². The van der Waals surface area contributed by atoms with Crippen molar-refractivity contribution >= 4 is 5.91 Å². The Morgan fingerprint density at radius 3 is 2.14 bits per heavy atom. The molecule has 0 atom stereocenters. The molecule has 2 heteroatoms. The van der Waals surface area contributed by atoms with Gasteiger partial charge >= 0.3 is 0 Å². The number of fused-ring (bicyclic) bond motifs is 3. The van der Waals surface area contributed by atoms with Crippen LogP contribution in [0.3, 0.4) is 0 Å². The van der Waals surface area contributed by atoms with E-state index in [1.807, 2.05) is 0 Å². The molecule has 0 spiro atoms. The molecule has 0 bridgehead atoms. The van der Waals surface area contributed by atoms with Crippen LogP contribution in [0.4, 0.5) is 0 Å². The number of hydrogen-bond acceptors (Lipinski definition) is 1. The van der Waals surface area contributed by atoms with Gasteiger partial charge in [0.2, 0.25) is 5.91 Å². The lowest BCUT2D eigenvalue weighted by molar-refractivity contribution is -0.121. The highest BCUT2D eigenvalue weighted by molar-refractivity contribution is 5.80. The van der Waals surface area contributed by atoms with Crippen molar-refractivity contribution in [2.24, 2.45) is 0 Å². The Bertz CT molecular complexity index is 602. The number of carbonyl (C=O) groups is 1. The van der Waals surface area contributed by atoms with Gasteiger partial charge in [0.25, 0.3) is 0 Å². The largest absolute Gasteiger partial charge is 0.356 e. The maximum absolute atomic E-state index is 11.9. The number of rotatable bonds is 5. The summed E-state index contributed by atoms with van der Waals surface area (Å²) in [6.45, 7) is 2.85. The zero-order chi connectivity index (χ0) is 14.7. The first-order valence-electron chi connectivity index (χ1n) is 7.76. The minimum Gasteiger partial charge on any atom is -0.356 e. The molecule has 108 valence electrons. The van der Waals surface area contributed by atoms with Gasteiger partial charge in [0, 0.05) is 18.9 Å². The van der Waals surface area contributed by atoms with Gasteiger partial charge < -0.3 is 5.32 Å². The van der Waals surface area contributed by atoms with Gasteiger partial charge in [-0.05, 0) is 35.1 Å². The Hall–Kier alpha value is -2.09. The maximum atomic E-state index is 11.9. The lowest BCUT2D eigenvalue weighted by Gasteiger charge is -2.13. The van der Waals surface area contributed by atoms with Crippen LogP contribution in [0.2, 0.25) is 0 Å². The summed E-state index contributed by atoms with van der Waals surface area (Å²) in [4.78, 5) is 11.9. The first-order chi connectivity index (χ1) is 10.3. The smallest absolute Gasteiger partial charge is 0.220 e. The number of nitrogens with one attached hydrogen (secondary N) is 1. The fourth-order valence-electron chi connectivity index (χ4n) is 3.20. The minimum atomic E-state index is 0.165. The fraction of sp³-hybridized carbons (Fsp3) is 0.316. The van der Waals surface area contributed by atoms with E-state index in [1.165, 1.54) is 22.3 Å². The third kappa shape index (κ3) is 2.71. The molecule has 21 heavy (non-hydrogen) atoms. The van der Waals surface area contributed by atoms with E-state index in [0.29, 0.717) is 12.3 Å². The summed E-state index contributed by atoms with van der Waals surface area (Å²) >= 11 is 0. The molecule has 0 saturated heterocycles. The molecule has 0 fully saturated rings. The Kier molecular flexibility index (Phi) is 4.05. The van der Waals surface area contributed by atoms with E-state index in [4.69, 9.17) is 0 Å². The van der Waals surface area contributed by atoms with Crippen LogP contribution in [-0.4, -0.2) is 12.5 Å². The highest BCUT2D eigenvalue weighted by Crippen LogP contribution is 2.46. The second kappa shape index (κ2) is 6.13. The van der Waals surface area contributed by atoms with Crippen molar-refractivity contribution in [3.05, 3.63) is 59.7 Å². The molecule has 2 aromatic rings. The van der Waals surface area contributed by atoms with Gasteiger partial charge in [-0.1, -0.05) is 55.5 Å². The van der Waals surface area contributed by atoms with Gasteiger partial charge in [0.05, 0.1) is 0 Å². The Morgan fingerprint density at radius 2 is 1.57 bits per heavy atom. The van der Waals surface area contributed by atoms with E-state index in [1.54, 1.807) is 0 Å². The van der Waals surface area contributed by atoms with Gasteiger partial charge in [0.15, 0.2) is 0 Å². The molecular weight excluding hydrogens is 258 g/mol. The van der Waals surface area contributed by atoms with Crippen LogP contribution in [0.25, 0.3) is 11.1 Å². The van der Waals surface area contributed by atoms with Crippen molar-refractivity contribution in [2.45, 2.75) is 32.1 Å². The number of amides is 1. The van der Waals surface area contributed by atoms with E-state index in [-0.39, 0.29) is 5.91 Å². The van der Waals surface area contributed by atoms with Gasteiger partial charge in [-0.25, -0.2) is 0 Å². The highest BCUT2D eigenvalue weighted by atomic mass is 16.1. The molecule has 0 aliphatic heterocycles. The zero-order valence-electron chi connectivity index (χ0n) is 12.4. The SMILES string of the molecule is CCCNC(=O)CCC1c2ccccc2-c2ccccc21. The lowest BCUT2D eigenvalue weighted by atomic mass is 9.92. The molecule has 2 aromatic carbocycles. The summed E-state index contributed by atoms with van der Waals surface area (Å²) in [6.07, 6.45) is 2.46. The molecule has 0 heterocycles. The van der Waals surface area contributed by atoms with Gasteiger partial charge in [-0.15, -0.1) is 0 Å². The molecular formula is C19H21NO. The Balaban J connectivity index is 1.81. The predicted octanol–water partition coefficient (Wildman–Crippen LogP) is 4.11. The topological polar surface area (TPSA) is 29.1 Å². The van der Waals surface area contributed by atoms with Crippen LogP contribution in [0.15, 0.2) is 48.5 Å². The van der Waals surface area contributed by atoms with Crippen LogP contribution < -0.4 is 5.32 Å². The Morgan fingerprint density at radius 1 is 1.00 bits per heavy atom. The fourth-order valence-corrected chi connectivity index (χ4v) is 3.20. The third-order valence-electron chi connectivity index (χ3n) is 4.19. The number of hydrogen-bond donors (Lipinski definition) is 1. The normalized spacial score (nSPS) is 12.8. The van der Waals surface area contributed by atoms with Crippen LogP contribution in [0.5, 0.6) is 0 Å². The first kappa shape index (κ1) is 13.9. The average molecular weight is 279 g/mol. The molecule has 0 saturated carbocycles. The van der Waals surface area contributed by atoms with Crippen molar-refractivity contribution in [3.63, 3.8) is 0 Å². The lowest BCUT2D eigenvalue weighted by Crippen LogP contribution is -2.24. The molecule has 1 amide bonds. The van der Waals surface area contributed by atoms with Crippen molar-refractivity contribution < 1.29 is 4.79 Å². The van der Waals surface area contributed by atoms with Crippen LogP contribution in [-0.2, 0) is 4.79 Å². The summed E-state index contributed by atoms with van der Waals surface area (Å²) in [7, 11) is 0. The van der Waals surface area contributed by atoms with E-state index in [2.05, 4.69) is 60.8 Å². The van der Waals surface area contributed by atoms with Crippen LogP contribution >= 0.6 is 0 Å². The molecule has 0 radical (unpaired) electrons. The average Bonchev–Trinajstić information content (AvgIpc) is 2.85. The van der Waals surface area contributed by atoms with Gasteiger partial charge in [-0.2, -0.15) is 0 Å². The molecule has 1 aliphatic carbocycles. The molecule has 0 unspecified atom stereocenters. The third-order valence-corrected chi connectivity index (χ3v) is 4.19. The number of benzene rings is 2. The summed E-state index contributed by atoms with van der Waals surface area (Å²) in [5, 5.41) is 2.97. The van der Waals surface area contributed by atoms with Crippen molar-refractivity contribution in [3.8, 4) is 11.1 Å².